The van der Waals surface area contributed by atoms with E-state index < -0.39 is 0 Å². The Morgan fingerprint density at radius 2 is 1.52 bits per heavy atom. The number of hydrogen-bond acceptors (Lipinski definition) is 1. The summed E-state index contributed by atoms with van der Waals surface area (Å²) in [6.07, 6.45) is 0. The normalized spacial score (nSPS) is 12.0. The summed E-state index contributed by atoms with van der Waals surface area (Å²) in [5.41, 5.74) is 6.51. The van der Waals surface area contributed by atoms with E-state index in [9.17, 15) is 4.79 Å². The number of carbonyl (C=O) groups is 1. The van der Waals surface area contributed by atoms with Crippen LogP contribution in [0.25, 0.3) is 0 Å². The summed E-state index contributed by atoms with van der Waals surface area (Å²) < 4.78 is 0. The highest BCUT2D eigenvalue weighted by Crippen LogP contribution is 2.19. The number of aryl methyl sites for hydroxylation is 4. The zero-order valence-corrected chi connectivity index (χ0v) is 13.4. The lowest BCUT2D eigenvalue weighted by Gasteiger charge is -2.18. The lowest BCUT2D eigenvalue weighted by Crippen LogP contribution is -2.27. The zero-order chi connectivity index (χ0) is 15.6. The average molecular weight is 281 g/mol. The van der Waals surface area contributed by atoms with Crippen molar-refractivity contribution < 1.29 is 4.79 Å². The summed E-state index contributed by atoms with van der Waals surface area (Å²) >= 11 is 0. The SMILES string of the molecule is Cc1cc(C)c(C(=O)N[C@@H](C)c2ccccc2C)cc1C. The molecule has 0 heterocycles. The van der Waals surface area contributed by atoms with Crippen molar-refractivity contribution in [3.05, 3.63) is 69.8 Å². The van der Waals surface area contributed by atoms with E-state index in [1.165, 1.54) is 11.1 Å². The van der Waals surface area contributed by atoms with Crippen molar-refractivity contribution in [2.75, 3.05) is 0 Å². The van der Waals surface area contributed by atoms with Gasteiger partial charge in [-0.2, -0.15) is 0 Å². The van der Waals surface area contributed by atoms with E-state index in [-0.39, 0.29) is 11.9 Å². The molecule has 0 aliphatic carbocycles. The Kier molecular flexibility index (Phi) is 4.46. The van der Waals surface area contributed by atoms with Crippen LogP contribution in [0.1, 0.15) is 51.1 Å². The Morgan fingerprint density at radius 1 is 0.905 bits per heavy atom. The summed E-state index contributed by atoms with van der Waals surface area (Å²) in [5.74, 6) is -0.00801. The van der Waals surface area contributed by atoms with Crippen LogP contribution in [0.3, 0.4) is 0 Å². The topological polar surface area (TPSA) is 29.1 Å². The van der Waals surface area contributed by atoms with Crippen molar-refractivity contribution in [3.8, 4) is 0 Å². The molecule has 2 aromatic rings. The molecule has 0 aliphatic heterocycles. The molecule has 1 N–H and O–H groups in total. The predicted octanol–water partition coefficient (Wildman–Crippen LogP) is 4.41. The smallest absolute Gasteiger partial charge is 0.252 e. The monoisotopic (exact) mass is 281 g/mol. The number of nitrogens with one attached hydrogen (secondary N) is 1. The van der Waals surface area contributed by atoms with Crippen LogP contribution in [-0.4, -0.2) is 5.91 Å². The maximum absolute atomic E-state index is 12.5. The van der Waals surface area contributed by atoms with Gasteiger partial charge >= 0.3 is 0 Å². The van der Waals surface area contributed by atoms with Crippen LogP contribution in [0, 0.1) is 27.7 Å². The van der Waals surface area contributed by atoms with Crippen LogP contribution in [-0.2, 0) is 0 Å². The van der Waals surface area contributed by atoms with Crippen LogP contribution in [0.4, 0.5) is 0 Å². The highest BCUT2D eigenvalue weighted by atomic mass is 16.1. The Bertz CT molecular complexity index is 673. The highest BCUT2D eigenvalue weighted by Gasteiger charge is 2.15. The Morgan fingerprint density at radius 3 is 2.19 bits per heavy atom. The van der Waals surface area contributed by atoms with E-state index in [0.717, 1.165) is 22.3 Å². The molecule has 1 atom stereocenters. The van der Waals surface area contributed by atoms with Crippen LogP contribution >= 0.6 is 0 Å². The molecule has 0 saturated carbocycles. The van der Waals surface area contributed by atoms with Gasteiger partial charge in [-0.15, -0.1) is 0 Å². The second kappa shape index (κ2) is 6.13. The van der Waals surface area contributed by atoms with E-state index >= 15 is 0 Å². The molecule has 0 radical (unpaired) electrons. The van der Waals surface area contributed by atoms with Gasteiger partial charge in [0, 0.05) is 5.56 Å². The molecule has 0 aliphatic rings. The molecular formula is C19H23NO. The van der Waals surface area contributed by atoms with Crippen molar-refractivity contribution in [1.82, 2.24) is 5.32 Å². The Hall–Kier alpha value is -2.09. The highest BCUT2D eigenvalue weighted by molar-refractivity contribution is 5.96. The Labute approximate surface area is 127 Å². The number of carbonyl (C=O) groups excluding carboxylic acids is 1. The number of hydrogen-bond donors (Lipinski definition) is 1. The molecule has 2 nitrogen and oxygen atoms in total. The van der Waals surface area contributed by atoms with E-state index in [1.807, 2.05) is 39.0 Å². The number of rotatable bonds is 3. The summed E-state index contributed by atoms with van der Waals surface area (Å²) in [5, 5.41) is 3.10. The molecule has 0 spiro atoms. The third-order valence-corrected chi connectivity index (χ3v) is 4.09. The molecule has 21 heavy (non-hydrogen) atoms. The molecule has 2 rings (SSSR count). The van der Waals surface area contributed by atoms with Crippen molar-refractivity contribution in [2.24, 2.45) is 0 Å². The van der Waals surface area contributed by atoms with Gasteiger partial charge in [-0.05, 0) is 68.5 Å². The molecule has 2 aromatic carbocycles. The first kappa shape index (κ1) is 15.3. The minimum absolute atomic E-state index is 0.000269. The zero-order valence-electron chi connectivity index (χ0n) is 13.4. The maximum Gasteiger partial charge on any atom is 0.252 e. The lowest BCUT2D eigenvalue weighted by atomic mass is 9.99. The standard InChI is InChI=1S/C19H23NO/c1-12-8-6-7-9-17(12)16(5)20-19(21)18-11-14(3)13(2)10-15(18)4/h6-11,16H,1-5H3,(H,20,21)/t16-/m0/s1. The van der Waals surface area contributed by atoms with E-state index in [1.54, 1.807) is 0 Å². The summed E-state index contributed by atoms with van der Waals surface area (Å²) in [6.45, 7) is 10.2. The van der Waals surface area contributed by atoms with Gasteiger partial charge in [-0.25, -0.2) is 0 Å². The largest absolute Gasteiger partial charge is 0.345 e. The van der Waals surface area contributed by atoms with Crippen molar-refractivity contribution in [1.29, 1.82) is 0 Å². The van der Waals surface area contributed by atoms with Gasteiger partial charge in [0.2, 0.25) is 0 Å². The molecule has 0 fully saturated rings. The van der Waals surface area contributed by atoms with Gasteiger partial charge in [-0.3, -0.25) is 4.79 Å². The van der Waals surface area contributed by atoms with Gasteiger partial charge in [0.05, 0.1) is 6.04 Å². The quantitative estimate of drug-likeness (QED) is 0.887. The van der Waals surface area contributed by atoms with Crippen LogP contribution in [0.2, 0.25) is 0 Å². The maximum atomic E-state index is 12.5. The lowest BCUT2D eigenvalue weighted by molar-refractivity contribution is 0.0939. The van der Waals surface area contributed by atoms with E-state index in [4.69, 9.17) is 0 Å². The molecule has 110 valence electrons. The van der Waals surface area contributed by atoms with Gasteiger partial charge in [-0.1, -0.05) is 30.3 Å². The summed E-state index contributed by atoms with van der Waals surface area (Å²) in [6, 6.07) is 12.2. The van der Waals surface area contributed by atoms with Crippen molar-refractivity contribution >= 4 is 5.91 Å². The molecule has 0 aromatic heterocycles. The molecule has 0 bridgehead atoms. The fourth-order valence-electron chi connectivity index (χ4n) is 2.63. The second-order valence-corrected chi connectivity index (χ2v) is 5.80. The molecule has 0 saturated heterocycles. The minimum atomic E-state index is -0.00801. The van der Waals surface area contributed by atoms with Crippen LogP contribution in [0.15, 0.2) is 36.4 Å². The number of benzene rings is 2. The molecule has 1 amide bonds. The van der Waals surface area contributed by atoms with Crippen LogP contribution in [0.5, 0.6) is 0 Å². The first-order valence-electron chi connectivity index (χ1n) is 7.34. The third-order valence-electron chi connectivity index (χ3n) is 4.09. The summed E-state index contributed by atoms with van der Waals surface area (Å²) in [7, 11) is 0. The molecular weight excluding hydrogens is 258 g/mol. The van der Waals surface area contributed by atoms with Crippen LogP contribution < -0.4 is 5.32 Å². The predicted molar refractivity (Wildman–Crippen MR) is 87.7 cm³/mol. The average Bonchev–Trinajstić information content (AvgIpc) is 2.43. The van der Waals surface area contributed by atoms with Gasteiger partial charge in [0.1, 0.15) is 0 Å². The second-order valence-electron chi connectivity index (χ2n) is 5.80. The molecule has 0 unspecified atom stereocenters. The van der Waals surface area contributed by atoms with Gasteiger partial charge in [0.25, 0.3) is 5.91 Å². The molecule has 2 heteroatoms. The fourth-order valence-corrected chi connectivity index (χ4v) is 2.63. The van der Waals surface area contributed by atoms with E-state index in [2.05, 4.69) is 37.4 Å². The Balaban J connectivity index is 2.22. The first-order chi connectivity index (χ1) is 9.90. The van der Waals surface area contributed by atoms with E-state index in [0.29, 0.717) is 0 Å². The minimum Gasteiger partial charge on any atom is -0.345 e. The van der Waals surface area contributed by atoms with Gasteiger partial charge < -0.3 is 5.32 Å². The first-order valence-corrected chi connectivity index (χ1v) is 7.34. The fraction of sp³-hybridized carbons (Fsp3) is 0.316. The van der Waals surface area contributed by atoms with Crippen molar-refractivity contribution in [3.63, 3.8) is 0 Å². The third kappa shape index (κ3) is 3.33. The van der Waals surface area contributed by atoms with Crippen molar-refractivity contribution in [2.45, 2.75) is 40.7 Å². The summed E-state index contributed by atoms with van der Waals surface area (Å²) in [4.78, 5) is 12.5. The number of amides is 1. The van der Waals surface area contributed by atoms with Gasteiger partial charge in [0.15, 0.2) is 0 Å².